The smallest absolute Gasteiger partial charge is 0.251 e. The summed E-state index contributed by atoms with van der Waals surface area (Å²) in [6, 6.07) is 20.5. The Balaban J connectivity index is 1.59. The Morgan fingerprint density at radius 2 is 1.70 bits per heavy atom. The van der Waals surface area contributed by atoms with Crippen molar-refractivity contribution in [3.05, 3.63) is 83.6 Å². The number of carbonyl (C=O) groups is 1. The number of hydrogen-bond acceptors (Lipinski definition) is 2. The summed E-state index contributed by atoms with van der Waals surface area (Å²) < 4.78 is 6.06. The van der Waals surface area contributed by atoms with Gasteiger partial charge in [0.15, 0.2) is 0 Å². The zero-order valence-corrected chi connectivity index (χ0v) is 13.1. The van der Waals surface area contributed by atoms with Crippen molar-refractivity contribution in [3.63, 3.8) is 0 Å². The monoisotopic (exact) mass is 305 g/mol. The van der Waals surface area contributed by atoms with E-state index in [2.05, 4.69) is 31.2 Å². The number of carbonyl (C=O) groups excluding carboxylic acids is 1. The SMILES string of the molecule is C[C@@H](c1ccccc1)N1C(=O)C=C2O[C@H](c3ccccc3)C[C@@H]21. The van der Waals surface area contributed by atoms with Crippen molar-refractivity contribution in [1.82, 2.24) is 4.90 Å². The summed E-state index contributed by atoms with van der Waals surface area (Å²) in [5, 5.41) is 0. The Bertz CT molecular complexity index is 739. The van der Waals surface area contributed by atoms with Crippen LogP contribution in [0.1, 0.15) is 36.6 Å². The lowest BCUT2D eigenvalue weighted by atomic mass is 10.0. The van der Waals surface area contributed by atoms with Crippen LogP contribution in [0.5, 0.6) is 0 Å². The summed E-state index contributed by atoms with van der Waals surface area (Å²) in [6.07, 6.45) is 2.51. The van der Waals surface area contributed by atoms with E-state index in [1.807, 2.05) is 41.3 Å². The molecule has 2 aromatic carbocycles. The van der Waals surface area contributed by atoms with E-state index in [-0.39, 0.29) is 24.1 Å². The van der Waals surface area contributed by atoms with Gasteiger partial charge in [-0.15, -0.1) is 0 Å². The summed E-state index contributed by atoms with van der Waals surface area (Å²) in [5.74, 6) is 0.861. The molecule has 0 aliphatic carbocycles. The average molecular weight is 305 g/mol. The van der Waals surface area contributed by atoms with Gasteiger partial charge in [0.2, 0.25) is 0 Å². The van der Waals surface area contributed by atoms with Gasteiger partial charge in [0.25, 0.3) is 5.91 Å². The Labute approximate surface area is 136 Å². The number of ether oxygens (including phenoxy) is 1. The molecule has 0 saturated carbocycles. The molecule has 0 N–H and O–H groups in total. The second-order valence-corrected chi connectivity index (χ2v) is 6.15. The van der Waals surface area contributed by atoms with Crippen molar-refractivity contribution in [2.75, 3.05) is 0 Å². The van der Waals surface area contributed by atoms with Crippen LogP contribution in [-0.2, 0) is 9.53 Å². The molecule has 0 aromatic heterocycles. The van der Waals surface area contributed by atoms with Crippen molar-refractivity contribution >= 4 is 5.91 Å². The maximum absolute atomic E-state index is 12.4. The van der Waals surface area contributed by atoms with Crippen molar-refractivity contribution in [1.29, 1.82) is 0 Å². The zero-order valence-electron chi connectivity index (χ0n) is 13.1. The largest absolute Gasteiger partial charge is 0.488 e. The topological polar surface area (TPSA) is 29.5 Å². The molecule has 2 aromatic rings. The van der Waals surface area contributed by atoms with Crippen LogP contribution in [0, 0.1) is 0 Å². The molecule has 0 unspecified atom stereocenters. The van der Waals surface area contributed by atoms with Crippen molar-refractivity contribution in [2.45, 2.75) is 31.5 Å². The second kappa shape index (κ2) is 5.58. The second-order valence-electron chi connectivity index (χ2n) is 6.15. The molecular formula is C20H19NO2. The minimum Gasteiger partial charge on any atom is -0.488 e. The van der Waals surface area contributed by atoms with Gasteiger partial charge in [-0.2, -0.15) is 0 Å². The number of hydrogen-bond donors (Lipinski definition) is 0. The van der Waals surface area contributed by atoms with E-state index in [1.54, 1.807) is 6.08 Å². The fourth-order valence-corrected chi connectivity index (χ4v) is 3.57. The molecule has 3 atom stereocenters. The Morgan fingerprint density at radius 3 is 2.39 bits per heavy atom. The molecule has 1 saturated heterocycles. The predicted octanol–water partition coefficient (Wildman–Crippen LogP) is 4.00. The van der Waals surface area contributed by atoms with Gasteiger partial charge in [0.05, 0.1) is 12.1 Å². The van der Waals surface area contributed by atoms with Crippen LogP contribution in [0.4, 0.5) is 0 Å². The molecule has 2 heterocycles. The first-order valence-corrected chi connectivity index (χ1v) is 8.04. The summed E-state index contributed by atoms with van der Waals surface area (Å²) >= 11 is 0. The van der Waals surface area contributed by atoms with Crippen LogP contribution in [0.25, 0.3) is 0 Å². The van der Waals surface area contributed by atoms with Crippen molar-refractivity contribution in [2.24, 2.45) is 0 Å². The highest BCUT2D eigenvalue weighted by Crippen LogP contribution is 2.43. The maximum atomic E-state index is 12.4. The van der Waals surface area contributed by atoms with E-state index in [0.717, 1.165) is 17.7 Å². The Morgan fingerprint density at radius 1 is 1.04 bits per heavy atom. The summed E-state index contributed by atoms with van der Waals surface area (Å²) in [7, 11) is 0. The Hall–Kier alpha value is -2.55. The molecule has 0 bridgehead atoms. The van der Waals surface area contributed by atoms with E-state index < -0.39 is 0 Å². The molecule has 3 nitrogen and oxygen atoms in total. The van der Waals surface area contributed by atoms with Gasteiger partial charge in [-0.05, 0) is 18.1 Å². The zero-order chi connectivity index (χ0) is 15.8. The molecular weight excluding hydrogens is 286 g/mol. The first kappa shape index (κ1) is 14.1. The van der Waals surface area contributed by atoms with E-state index in [0.29, 0.717) is 0 Å². The minimum absolute atomic E-state index is 0.0334. The number of amides is 1. The predicted molar refractivity (Wildman–Crippen MR) is 88.5 cm³/mol. The van der Waals surface area contributed by atoms with Crippen LogP contribution in [0.15, 0.2) is 72.5 Å². The molecule has 4 rings (SSSR count). The maximum Gasteiger partial charge on any atom is 0.251 e. The van der Waals surface area contributed by atoms with Gasteiger partial charge in [-0.1, -0.05) is 60.7 Å². The molecule has 2 aliphatic heterocycles. The summed E-state index contributed by atoms with van der Waals surface area (Å²) in [4.78, 5) is 14.4. The highest BCUT2D eigenvalue weighted by atomic mass is 16.5. The number of benzene rings is 2. The lowest BCUT2D eigenvalue weighted by Gasteiger charge is -2.29. The van der Waals surface area contributed by atoms with Gasteiger partial charge >= 0.3 is 0 Å². The van der Waals surface area contributed by atoms with Gasteiger partial charge in [-0.25, -0.2) is 0 Å². The van der Waals surface area contributed by atoms with Gasteiger partial charge in [0.1, 0.15) is 11.9 Å². The number of fused-ring (bicyclic) bond motifs is 1. The van der Waals surface area contributed by atoms with Crippen LogP contribution in [0.2, 0.25) is 0 Å². The lowest BCUT2D eigenvalue weighted by molar-refractivity contribution is -0.128. The first-order chi connectivity index (χ1) is 11.2. The van der Waals surface area contributed by atoms with E-state index >= 15 is 0 Å². The molecule has 3 heteroatoms. The molecule has 1 fully saturated rings. The van der Waals surface area contributed by atoms with E-state index in [9.17, 15) is 4.79 Å². The highest BCUT2D eigenvalue weighted by Gasteiger charge is 2.44. The van der Waals surface area contributed by atoms with Crippen molar-refractivity contribution < 1.29 is 9.53 Å². The highest BCUT2D eigenvalue weighted by molar-refractivity contribution is 5.92. The van der Waals surface area contributed by atoms with Gasteiger partial charge in [0, 0.05) is 12.5 Å². The molecule has 116 valence electrons. The molecule has 23 heavy (non-hydrogen) atoms. The Kier molecular flexibility index (Phi) is 3.41. The fraction of sp³-hybridized carbons (Fsp3) is 0.250. The van der Waals surface area contributed by atoms with Crippen LogP contribution >= 0.6 is 0 Å². The third-order valence-corrected chi connectivity index (χ3v) is 4.77. The van der Waals surface area contributed by atoms with Gasteiger partial charge < -0.3 is 9.64 Å². The summed E-state index contributed by atoms with van der Waals surface area (Å²) in [5.41, 5.74) is 2.32. The van der Waals surface area contributed by atoms with E-state index in [4.69, 9.17) is 4.74 Å². The minimum atomic E-state index is 0.0334. The molecule has 1 amide bonds. The van der Waals surface area contributed by atoms with Crippen LogP contribution in [-0.4, -0.2) is 16.8 Å². The first-order valence-electron chi connectivity index (χ1n) is 8.04. The summed E-state index contributed by atoms with van der Waals surface area (Å²) in [6.45, 7) is 2.08. The average Bonchev–Trinajstić information content (AvgIpc) is 3.12. The number of nitrogens with zero attached hydrogens (tertiary/aromatic N) is 1. The number of rotatable bonds is 3. The fourth-order valence-electron chi connectivity index (χ4n) is 3.57. The standard InChI is InChI=1S/C20H19NO2/c1-14(15-8-4-2-5-9-15)21-17-12-18(16-10-6-3-7-11-16)23-19(17)13-20(21)22/h2-11,13-14,17-18H,12H2,1H3/t14-,17-,18-/m0/s1. The third kappa shape index (κ3) is 2.42. The quantitative estimate of drug-likeness (QED) is 0.857. The van der Waals surface area contributed by atoms with Crippen LogP contribution in [0.3, 0.4) is 0 Å². The van der Waals surface area contributed by atoms with Gasteiger partial charge in [-0.3, -0.25) is 4.79 Å². The lowest BCUT2D eigenvalue weighted by Crippen LogP contribution is -2.36. The molecule has 2 aliphatic rings. The molecule has 0 spiro atoms. The third-order valence-electron chi connectivity index (χ3n) is 4.77. The normalized spacial score (nSPS) is 24.1. The van der Waals surface area contributed by atoms with Crippen LogP contribution < -0.4 is 0 Å². The molecule has 0 radical (unpaired) electrons. The van der Waals surface area contributed by atoms with E-state index in [1.165, 1.54) is 5.56 Å². The van der Waals surface area contributed by atoms with Crippen molar-refractivity contribution in [3.8, 4) is 0 Å².